The molecule has 0 aromatic carbocycles. The maximum absolute atomic E-state index is 12.4. The number of aromatic nitrogens is 3. The molecule has 0 radical (unpaired) electrons. The van der Waals surface area contributed by atoms with E-state index in [1.807, 2.05) is 30.7 Å². The van der Waals surface area contributed by atoms with Crippen LogP contribution in [0.2, 0.25) is 25.7 Å². The van der Waals surface area contributed by atoms with Gasteiger partial charge < -0.3 is 14.6 Å². The lowest BCUT2D eigenvalue weighted by Gasteiger charge is -2.18. The zero-order chi connectivity index (χ0) is 24.2. The summed E-state index contributed by atoms with van der Waals surface area (Å²) in [7, 11) is -4.43. The number of nitrogens with zero attached hydrogens (tertiary/aromatic N) is 4. The van der Waals surface area contributed by atoms with Crippen LogP contribution in [-0.4, -0.2) is 72.9 Å². The molecule has 2 aromatic rings. The number of carbonyl (C=O) groups excluding carboxylic acids is 1. The molecule has 0 bridgehead atoms. The summed E-state index contributed by atoms with van der Waals surface area (Å²) in [6.45, 7) is 12.5. The first kappa shape index (κ1) is 25.6. The SMILES string of the molecule is CC(C)CS(=O)(=O)N1CC[C@@H](NC(=O)Nc2cnc3c(ccn3COCC[Si](C)(C)C)n2)C1. The van der Waals surface area contributed by atoms with E-state index in [4.69, 9.17) is 4.74 Å². The number of hydrogen-bond acceptors (Lipinski definition) is 6. The van der Waals surface area contributed by atoms with Crippen LogP contribution in [0.1, 0.15) is 20.3 Å². The average Bonchev–Trinajstić information content (AvgIpc) is 3.31. The van der Waals surface area contributed by atoms with Crippen molar-refractivity contribution < 1.29 is 17.9 Å². The number of amides is 2. The molecule has 1 atom stereocenters. The van der Waals surface area contributed by atoms with Gasteiger partial charge in [0.2, 0.25) is 10.0 Å². The number of urea groups is 1. The lowest BCUT2D eigenvalue weighted by molar-refractivity contribution is 0.0899. The number of sulfonamides is 1. The van der Waals surface area contributed by atoms with Crippen LogP contribution in [0.4, 0.5) is 10.6 Å². The van der Waals surface area contributed by atoms with Crippen molar-refractivity contribution in [3.05, 3.63) is 18.5 Å². The van der Waals surface area contributed by atoms with Crippen molar-refractivity contribution in [3.63, 3.8) is 0 Å². The summed E-state index contributed by atoms with van der Waals surface area (Å²) in [5.41, 5.74) is 1.35. The van der Waals surface area contributed by atoms with Crippen molar-refractivity contribution in [1.29, 1.82) is 0 Å². The molecular formula is C21H36N6O4SSi. The van der Waals surface area contributed by atoms with Crippen molar-refractivity contribution >= 4 is 41.1 Å². The van der Waals surface area contributed by atoms with Crippen LogP contribution in [0.5, 0.6) is 0 Å². The second-order valence-corrected chi connectivity index (χ2v) is 17.8. The number of anilines is 1. The summed E-state index contributed by atoms with van der Waals surface area (Å²) in [5, 5.41) is 5.53. The van der Waals surface area contributed by atoms with Crippen molar-refractivity contribution in [2.75, 3.05) is 30.8 Å². The Hall–Kier alpha value is -2.02. The second kappa shape index (κ2) is 10.5. The van der Waals surface area contributed by atoms with E-state index in [9.17, 15) is 13.2 Å². The van der Waals surface area contributed by atoms with E-state index in [-0.39, 0.29) is 24.3 Å². The summed E-state index contributed by atoms with van der Waals surface area (Å²) in [5.74, 6) is 0.509. The summed E-state index contributed by atoms with van der Waals surface area (Å²) < 4.78 is 33.9. The number of hydrogen-bond donors (Lipinski definition) is 2. The van der Waals surface area contributed by atoms with Crippen LogP contribution in [0.25, 0.3) is 11.2 Å². The predicted molar refractivity (Wildman–Crippen MR) is 132 cm³/mol. The van der Waals surface area contributed by atoms with Gasteiger partial charge in [-0.2, -0.15) is 4.31 Å². The smallest absolute Gasteiger partial charge is 0.320 e. The Balaban J connectivity index is 1.51. The quantitative estimate of drug-likeness (QED) is 0.386. The highest BCUT2D eigenvalue weighted by Gasteiger charge is 2.32. The Bertz CT molecular complexity index is 1070. The highest BCUT2D eigenvalue weighted by Crippen LogP contribution is 2.17. The third-order valence-corrected chi connectivity index (χ3v) is 9.27. The van der Waals surface area contributed by atoms with Gasteiger partial charge in [-0.15, -0.1) is 0 Å². The van der Waals surface area contributed by atoms with Gasteiger partial charge in [0.15, 0.2) is 11.5 Å². The summed E-state index contributed by atoms with van der Waals surface area (Å²) in [4.78, 5) is 21.3. The first-order valence-electron chi connectivity index (χ1n) is 11.4. The van der Waals surface area contributed by atoms with Crippen molar-refractivity contribution in [3.8, 4) is 0 Å². The largest absolute Gasteiger partial charge is 0.361 e. The molecule has 1 aliphatic rings. The third-order valence-electron chi connectivity index (χ3n) is 5.36. The number of ether oxygens (including phenoxy) is 1. The lowest BCUT2D eigenvalue weighted by atomic mass is 10.3. The summed E-state index contributed by atoms with van der Waals surface area (Å²) in [6, 6.07) is 2.27. The molecule has 184 valence electrons. The highest BCUT2D eigenvalue weighted by molar-refractivity contribution is 7.89. The van der Waals surface area contributed by atoms with Gasteiger partial charge in [0.25, 0.3) is 0 Å². The Morgan fingerprint density at radius 1 is 1.33 bits per heavy atom. The zero-order valence-electron chi connectivity index (χ0n) is 20.2. The normalized spacial score (nSPS) is 17.7. The first-order chi connectivity index (χ1) is 15.4. The predicted octanol–water partition coefficient (Wildman–Crippen LogP) is 2.93. The molecule has 0 saturated carbocycles. The van der Waals surface area contributed by atoms with Gasteiger partial charge in [0.1, 0.15) is 12.2 Å². The van der Waals surface area contributed by atoms with E-state index in [0.29, 0.717) is 36.7 Å². The van der Waals surface area contributed by atoms with Gasteiger partial charge in [0, 0.05) is 40.0 Å². The molecular weight excluding hydrogens is 460 g/mol. The monoisotopic (exact) mass is 496 g/mol. The molecule has 3 rings (SSSR count). The highest BCUT2D eigenvalue weighted by atomic mass is 32.2. The molecule has 12 heteroatoms. The van der Waals surface area contributed by atoms with E-state index in [0.717, 1.165) is 12.7 Å². The third kappa shape index (κ3) is 7.49. The summed E-state index contributed by atoms with van der Waals surface area (Å²) in [6.07, 6.45) is 3.96. The molecule has 1 fully saturated rings. The molecule has 2 amide bonds. The molecule has 3 heterocycles. The molecule has 2 aromatic heterocycles. The fraction of sp³-hybridized carbons (Fsp3) is 0.667. The standard InChI is InChI=1S/C21H36N6O4SSi/c1-16(2)14-32(29,30)27-9-6-17(13-27)23-21(28)25-19-12-22-20-18(24-19)7-8-26(20)15-31-10-11-33(3,4)5/h7-8,12,16-17H,6,9-11,13-15H2,1-5H3,(H2,23,24,25,28)/t17-/m1/s1. The minimum atomic E-state index is -3.30. The topological polar surface area (TPSA) is 118 Å². The first-order valence-corrected chi connectivity index (χ1v) is 16.7. The fourth-order valence-corrected chi connectivity index (χ4v) is 6.23. The van der Waals surface area contributed by atoms with Gasteiger partial charge in [-0.05, 0) is 24.4 Å². The Morgan fingerprint density at radius 2 is 2.09 bits per heavy atom. The van der Waals surface area contributed by atoms with Gasteiger partial charge in [-0.3, -0.25) is 5.32 Å². The van der Waals surface area contributed by atoms with Crippen LogP contribution < -0.4 is 10.6 Å². The number of nitrogens with one attached hydrogen (secondary N) is 2. The Kier molecular flexibility index (Phi) is 8.14. The van der Waals surface area contributed by atoms with E-state index in [1.165, 1.54) is 10.5 Å². The van der Waals surface area contributed by atoms with E-state index in [2.05, 4.69) is 40.2 Å². The molecule has 1 aliphatic heterocycles. The molecule has 0 aliphatic carbocycles. The molecule has 2 N–H and O–H groups in total. The molecule has 33 heavy (non-hydrogen) atoms. The lowest BCUT2D eigenvalue weighted by Crippen LogP contribution is -2.41. The summed E-state index contributed by atoms with van der Waals surface area (Å²) >= 11 is 0. The molecule has 0 spiro atoms. The van der Waals surface area contributed by atoms with Crippen LogP contribution >= 0.6 is 0 Å². The Morgan fingerprint density at radius 3 is 2.79 bits per heavy atom. The van der Waals surface area contributed by atoms with Crippen molar-refractivity contribution in [2.45, 2.75) is 58.7 Å². The molecule has 0 unspecified atom stereocenters. The van der Waals surface area contributed by atoms with E-state index in [1.54, 1.807) is 0 Å². The van der Waals surface area contributed by atoms with E-state index < -0.39 is 24.1 Å². The fourth-order valence-electron chi connectivity index (χ4n) is 3.63. The number of carbonyl (C=O) groups is 1. The van der Waals surface area contributed by atoms with Crippen LogP contribution in [-0.2, 0) is 21.5 Å². The minimum absolute atomic E-state index is 0.0605. The maximum Gasteiger partial charge on any atom is 0.320 e. The van der Waals surface area contributed by atoms with E-state index >= 15 is 0 Å². The number of fused-ring (bicyclic) bond motifs is 1. The van der Waals surface area contributed by atoms with Gasteiger partial charge in [-0.25, -0.2) is 23.2 Å². The Labute approximate surface area is 197 Å². The van der Waals surface area contributed by atoms with Crippen LogP contribution in [0.3, 0.4) is 0 Å². The molecule has 1 saturated heterocycles. The van der Waals surface area contributed by atoms with Crippen LogP contribution in [0.15, 0.2) is 18.5 Å². The zero-order valence-corrected chi connectivity index (χ0v) is 22.0. The van der Waals surface area contributed by atoms with Gasteiger partial charge in [-0.1, -0.05) is 33.5 Å². The van der Waals surface area contributed by atoms with Crippen molar-refractivity contribution in [1.82, 2.24) is 24.2 Å². The maximum atomic E-state index is 12.4. The van der Waals surface area contributed by atoms with Crippen LogP contribution in [0, 0.1) is 5.92 Å². The second-order valence-electron chi connectivity index (χ2n) is 10.2. The average molecular weight is 497 g/mol. The van der Waals surface area contributed by atoms with Gasteiger partial charge >= 0.3 is 6.03 Å². The van der Waals surface area contributed by atoms with Gasteiger partial charge in [0.05, 0.1) is 11.9 Å². The van der Waals surface area contributed by atoms with Crippen molar-refractivity contribution in [2.24, 2.45) is 5.92 Å². The number of rotatable bonds is 10. The molecule has 10 nitrogen and oxygen atoms in total. The minimum Gasteiger partial charge on any atom is -0.361 e.